The van der Waals surface area contributed by atoms with Crippen molar-refractivity contribution < 1.29 is 4.79 Å². The van der Waals surface area contributed by atoms with Crippen LogP contribution in [0.3, 0.4) is 0 Å². The maximum Gasteiger partial charge on any atom is 0.235 e. The Bertz CT molecular complexity index is 503. The SMILES string of the molecule is CC(C)(C#N)c1cccc(C(C)(C)N=C=O)c1. The van der Waals surface area contributed by atoms with Gasteiger partial charge >= 0.3 is 0 Å². The Morgan fingerprint density at radius 1 is 1.18 bits per heavy atom. The van der Waals surface area contributed by atoms with Crippen LogP contribution in [0.5, 0.6) is 0 Å². The van der Waals surface area contributed by atoms with Crippen molar-refractivity contribution >= 4 is 6.08 Å². The number of hydrogen-bond donors (Lipinski definition) is 0. The van der Waals surface area contributed by atoms with Crippen molar-refractivity contribution in [1.29, 1.82) is 5.26 Å². The van der Waals surface area contributed by atoms with Crippen LogP contribution in [0.4, 0.5) is 0 Å². The van der Waals surface area contributed by atoms with Gasteiger partial charge in [0.15, 0.2) is 0 Å². The van der Waals surface area contributed by atoms with Gasteiger partial charge in [-0.2, -0.15) is 10.3 Å². The highest BCUT2D eigenvalue weighted by molar-refractivity contribution is 5.40. The second kappa shape index (κ2) is 4.53. The van der Waals surface area contributed by atoms with Gasteiger partial charge < -0.3 is 0 Å². The highest BCUT2D eigenvalue weighted by atomic mass is 16.1. The average molecular weight is 228 g/mol. The first-order valence-corrected chi connectivity index (χ1v) is 5.45. The number of nitriles is 1. The van der Waals surface area contributed by atoms with Crippen molar-refractivity contribution in [2.24, 2.45) is 4.99 Å². The minimum atomic E-state index is -0.608. The van der Waals surface area contributed by atoms with E-state index in [1.807, 2.05) is 52.0 Å². The molecule has 0 spiro atoms. The number of nitrogens with zero attached hydrogens (tertiary/aromatic N) is 2. The molecule has 0 fully saturated rings. The van der Waals surface area contributed by atoms with Crippen LogP contribution < -0.4 is 0 Å². The van der Waals surface area contributed by atoms with Crippen molar-refractivity contribution in [2.75, 3.05) is 0 Å². The maximum absolute atomic E-state index is 10.4. The van der Waals surface area contributed by atoms with E-state index < -0.39 is 11.0 Å². The summed E-state index contributed by atoms with van der Waals surface area (Å²) in [5, 5.41) is 9.11. The Balaban J connectivity index is 3.29. The van der Waals surface area contributed by atoms with Crippen LogP contribution >= 0.6 is 0 Å². The van der Waals surface area contributed by atoms with Crippen molar-refractivity contribution in [3.63, 3.8) is 0 Å². The summed E-state index contributed by atoms with van der Waals surface area (Å²) in [6, 6.07) is 9.87. The van der Waals surface area contributed by atoms with E-state index in [1.165, 1.54) is 0 Å². The van der Waals surface area contributed by atoms with E-state index in [0.717, 1.165) is 11.1 Å². The molecule has 3 heteroatoms. The zero-order valence-electron chi connectivity index (χ0n) is 10.6. The van der Waals surface area contributed by atoms with E-state index >= 15 is 0 Å². The van der Waals surface area contributed by atoms with Gasteiger partial charge in [0.25, 0.3) is 0 Å². The molecule has 0 atom stereocenters. The Hall–Kier alpha value is -1.91. The van der Waals surface area contributed by atoms with Crippen LogP contribution in [0.25, 0.3) is 0 Å². The first kappa shape index (κ1) is 13.2. The predicted molar refractivity (Wildman–Crippen MR) is 66.2 cm³/mol. The molecule has 0 aliphatic rings. The monoisotopic (exact) mass is 228 g/mol. The molecule has 0 aliphatic heterocycles. The fourth-order valence-corrected chi connectivity index (χ4v) is 1.53. The Labute approximate surface area is 102 Å². The summed E-state index contributed by atoms with van der Waals surface area (Å²) in [6.45, 7) is 7.41. The smallest absolute Gasteiger partial charge is 0.211 e. The van der Waals surface area contributed by atoms with Crippen LogP contribution in [-0.2, 0) is 15.7 Å². The lowest BCUT2D eigenvalue weighted by molar-refractivity contribution is 0.521. The molecular weight excluding hydrogens is 212 g/mol. The summed E-state index contributed by atoms with van der Waals surface area (Å²) in [5.41, 5.74) is 0.675. The molecule has 0 radical (unpaired) electrons. The topological polar surface area (TPSA) is 53.2 Å². The van der Waals surface area contributed by atoms with Crippen LogP contribution in [0.15, 0.2) is 29.3 Å². The highest BCUT2D eigenvalue weighted by Crippen LogP contribution is 2.29. The molecule has 0 bridgehead atoms. The quantitative estimate of drug-likeness (QED) is 0.589. The Kier molecular flexibility index (Phi) is 3.50. The third kappa shape index (κ3) is 2.81. The normalized spacial score (nSPS) is 11.5. The van der Waals surface area contributed by atoms with Gasteiger partial charge in [0.2, 0.25) is 6.08 Å². The molecule has 0 aliphatic carbocycles. The van der Waals surface area contributed by atoms with Crippen LogP contribution in [0.2, 0.25) is 0 Å². The molecule has 1 aromatic rings. The lowest BCUT2D eigenvalue weighted by Gasteiger charge is -2.22. The van der Waals surface area contributed by atoms with Crippen molar-refractivity contribution in [3.05, 3.63) is 35.4 Å². The molecule has 0 N–H and O–H groups in total. The van der Waals surface area contributed by atoms with E-state index in [4.69, 9.17) is 5.26 Å². The highest BCUT2D eigenvalue weighted by Gasteiger charge is 2.24. The molecule has 1 rings (SSSR count). The largest absolute Gasteiger partial charge is 0.235 e. The summed E-state index contributed by atoms with van der Waals surface area (Å²) in [6.07, 6.45) is 1.59. The van der Waals surface area contributed by atoms with Gasteiger partial charge in [0.1, 0.15) is 0 Å². The van der Waals surface area contributed by atoms with Gasteiger partial charge in [-0.3, -0.25) is 0 Å². The van der Waals surface area contributed by atoms with Crippen LogP contribution in [0, 0.1) is 11.3 Å². The van der Waals surface area contributed by atoms with Gasteiger partial charge in [-0.1, -0.05) is 24.3 Å². The minimum absolute atomic E-state index is 0.545. The van der Waals surface area contributed by atoms with Gasteiger partial charge in [0, 0.05) is 0 Å². The second-order valence-corrected chi connectivity index (χ2v) is 5.08. The number of carbonyl (C=O) groups excluding carboxylic acids is 1. The number of rotatable bonds is 3. The summed E-state index contributed by atoms with van der Waals surface area (Å²) < 4.78 is 0. The molecule has 0 unspecified atom stereocenters. The lowest BCUT2D eigenvalue weighted by Crippen LogP contribution is -2.18. The molecule has 88 valence electrons. The Morgan fingerprint density at radius 2 is 1.76 bits per heavy atom. The number of aliphatic imine (C=N–C) groups is 1. The standard InChI is InChI=1S/C14H16N2O/c1-13(2,9-15)11-6-5-7-12(8-11)14(3,4)16-10-17/h5-8H,1-4H3. The van der Waals surface area contributed by atoms with Crippen LogP contribution in [-0.4, -0.2) is 6.08 Å². The average Bonchev–Trinajstić information content (AvgIpc) is 2.29. The summed E-state index contributed by atoms with van der Waals surface area (Å²) in [7, 11) is 0. The van der Waals surface area contributed by atoms with E-state index in [-0.39, 0.29) is 0 Å². The molecule has 1 aromatic carbocycles. The first-order chi connectivity index (χ1) is 7.83. The van der Waals surface area contributed by atoms with E-state index in [9.17, 15) is 4.79 Å². The number of hydrogen-bond acceptors (Lipinski definition) is 3. The second-order valence-electron chi connectivity index (χ2n) is 5.08. The lowest BCUT2D eigenvalue weighted by atomic mass is 9.83. The van der Waals surface area contributed by atoms with Crippen molar-refractivity contribution in [1.82, 2.24) is 0 Å². The third-order valence-electron chi connectivity index (χ3n) is 2.90. The molecule has 0 amide bonds. The van der Waals surface area contributed by atoms with Gasteiger partial charge in [-0.15, -0.1) is 0 Å². The fourth-order valence-electron chi connectivity index (χ4n) is 1.53. The van der Waals surface area contributed by atoms with Gasteiger partial charge in [-0.05, 0) is 38.8 Å². The molecule has 0 saturated carbocycles. The summed E-state index contributed by atoms with van der Waals surface area (Å²) in [5.74, 6) is 0. The van der Waals surface area contributed by atoms with Crippen molar-refractivity contribution in [3.8, 4) is 6.07 Å². The third-order valence-corrected chi connectivity index (χ3v) is 2.90. The zero-order chi connectivity index (χ0) is 13.1. The molecular formula is C14H16N2O. The maximum atomic E-state index is 10.4. The Morgan fingerprint density at radius 3 is 2.29 bits per heavy atom. The minimum Gasteiger partial charge on any atom is -0.211 e. The van der Waals surface area contributed by atoms with Crippen LogP contribution in [0.1, 0.15) is 38.8 Å². The molecule has 0 saturated heterocycles. The zero-order valence-corrected chi connectivity index (χ0v) is 10.6. The van der Waals surface area contributed by atoms with E-state index in [1.54, 1.807) is 6.08 Å². The molecule has 0 heterocycles. The predicted octanol–water partition coefficient (Wildman–Crippen LogP) is 3.06. The van der Waals surface area contributed by atoms with E-state index in [2.05, 4.69) is 11.1 Å². The molecule has 0 aromatic heterocycles. The number of isocyanates is 1. The summed E-state index contributed by atoms with van der Waals surface area (Å²) >= 11 is 0. The van der Waals surface area contributed by atoms with Crippen molar-refractivity contribution in [2.45, 2.75) is 38.6 Å². The summed E-state index contributed by atoms with van der Waals surface area (Å²) in [4.78, 5) is 14.2. The number of benzene rings is 1. The van der Waals surface area contributed by atoms with Gasteiger partial charge in [-0.25, -0.2) is 4.79 Å². The van der Waals surface area contributed by atoms with Gasteiger partial charge in [0.05, 0.1) is 17.0 Å². The first-order valence-electron chi connectivity index (χ1n) is 5.45. The molecule has 17 heavy (non-hydrogen) atoms. The fraction of sp³-hybridized carbons (Fsp3) is 0.429. The van der Waals surface area contributed by atoms with E-state index in [0.29, 0.717) is 0 Å². The molecule has 3 nitrogen and oxygen atoms in total.